The van der Waals surface area contributed by atoms with Crippen LogP contribution in [0.2, 0.25) is 0 Å². The fourth-order valence-corrected chi connectivity index (χ4v) is 1.65. The normalized spacial score (nSPS) is 15.2. The Hall–Kier alpha value is -1.77. The zero-order valence-electron chi connectivity index (χ0n) is 14.7. The molecule has 0 N–H and O–H groups in total. The van der Waals surface area contributed by atoms with E-state index in [9.17, 15) is 66.3 Å². The van der Waals surface area contributed by atoms with E-state index in [1.807, 2.05) is 0 Å². The summed E-state index contributed by atoms with van der Waals surface area (Å²) in [6.07, 6.45) is -2.66. The summed E-state index contributed by atoms with van der Waals surface area (Å²) >= 11 is 0. The number of carbonyl (C=O) groups excluding carboxylic acids is 1. The summed E-state index contributed by atoms with van der Waals surface area (Å²) in [5.74, 6) is -52.8. The first-order valence-electron chi connectivity index (χ1n) is 7.30. The lowest BCUT2D eigenvalue weighted by Gasteiger charge is -2.42. The molecule has 0 unspecified atom stereocenters. The van der Waals surface area contributed by atoms with Crippen LogP contribution in [0.4, 0.5) is 61.5 Å². The van der Waals surface area contributed by atoms with Gasteiger partial charge in [-0.05, 0) is 6.92 Å². The molecule has 16 heteroatoms. The Morgan fingerprint density at radius 1 is 0.700 bits per heavy atom. The van der Waals surface area contributed by atoms with E-state index >= 15 is 0 Å². The van der Waals surface area contributed by atoms with Crippen LogP contribution in [-0.2, 0) is 9.53 Å². The molecule has 0 saturated heterocycles. The lowest BCUT2D eigenvalue weighted by Crippen LogP contribution is -2.72. The average Bonchev–Trinajstić information content (AvgIpc) is 2.52. The van der Waals surface area contributed by atoms with Gasteiger partial charge in [-0.15, -0.1) is 0 Å². The fraction of sp³-hybridized carbons (Fsp3) is 0.786. The Morgan fingerprint density at radius 3 is 1.37 bits per heavy atom. The highest BCUT2D eigenvalue weighted by atomic mass is 19.4. The van der Waals surface area contributed by atoms with Crippen molar-refractivity contribution in [2.75, 3.05) is 6.61 Å². The van der Waals surface area contributed by atoms with E-state index in [-0.39, 0.29) is 0 Å². The second-order valence-electron chi connectivity index (χ2n) is 6.13. The number of hydrogen-bond acceptors (Lipinski definition) is 2. The summed E-state index contributed by atoms with van der Waals surface area (Å²) in [5, 5.41) is 0. The standard InChI is InChI=1S/C14H12F14O2/c1-6(2)7(29)30-5-4-9(17,18)11(21,22)13(25,26)14(27,28)12(23,24)10(19,20)8(3,15)16/h1,4-5H2,2-3H3. The minimum absolute atomic E-state index is 0.496. The minimum atomic E-state index is -8.09. The van der Waals surface area contributed by atoms with Gasteiger partial charge in [0.05, 0.1) is 13.0 Å². The molecule has 0 aliphatic heterocycles. The van der Waals surface area contributed by atoms with Crippen LogP contribution >= 0.6 is 0 Å². The first kappa shape index (κ1) is 28.2. The highest BCUT2D eigenvalue weighted by Gasteiger charge is 2.92. The van der Waals surface area contributed by atoms with E-state index in [0.29, 0.717) is 0 Å². The predicted molar refractivity (Wildman–Crippen MR) is 70.7 cm³/mol. The van der Waals surface area contributed by atoms with Crippen LogP contribution in [0.15, 0.2) is 12.2 Å². The van der Waals surface area contributed by atoms with Crippen molar-refractivity contribution in [2.24, 2.45) is 0 Å². The first-order chi connectivity index (χ1) is 12.8. The monoisotopic (exact) mass is 478 g/mol. The predicted octanol–water partition coefficient (Wildman–Crippen LogP) is 5.96. The van der Waals surface area contributed by atoms with Gasteiger partial charge in [0.1, 0.15) is 0 Å². The van der Waals surface area contributed by atoms with Crippen LogP contribution in [0.25, 0.3) is 0 Å². The van der Waals surface area contributed by atoms with Gasteiger partial charge in [-0.1, -0.05) is 6.58 Å². The summed E-state index contributed by atoms with van der Waals surface area (Å²) in [5.41, 5.74) is -0.496. The maximum absolute atomic E-state index is 13.5. The van der Waals surface area contributed by atoms with Gasteiger partial charge < -0.3 is 4.74 Å². The molecule has 0 spiro atoms. The van der Waals surface area contributed by atoms with Crippen LogP contribution in [-0.4, -0.2) is 54.0 Å². The van der Waals surface area contributed by atoms with Crippen LogP contribution < -0.4 is 0 Å². The summed E-state index contributed by atoms with van der Waals surface area (Å²) in [7, 11) is 0. The fourth-order valence-electron chi connectivity index (χ4n) is 1.65. The quantitative estimate of drug-likeness (QED) is 0.220. The summed E-state index contributed by atoms with van der Waals surface area (Å²) in [6.45, 7) is 0.890. The van der Waals surface area contributed by atoms with Crippen molar-refractivity contribution in [1.82, 2.24) is 0 Å². The van der Waals surface area contributed by atoms with Crippen LogP contribution in [0.5, 0.6) is 0 Å². The third-order valence-electron chi connectivity index (χ3n) is 3.59. The van der Waals surface area contributed by atoms with Gasteiger partial charge in [-0.3, -0.25) is 0 Å². The van der Waals surface area contributed by atoms with Gasteiger partial charge >= 0.3 is 47.4 Å². The van der Waals surface area contributed by atoms with Gasteiger partial charge in [0.15, 0.2) is 0 Å². The van der Waals surface area contributed by atoms with Crippen LogP contribution in [0.3, 0.4) is 0 Å². The zero-order valence-corrected chi connectivity index (χ0v) is 14.7. The van der Waals surface area contributed by atoms with Crippen LogP contribution in [0.1, 0.15) is 20.3 Å². The number of hydrogen-bond donors (Lipinski definition) is 0. The Kier molecular flexibility index (Phi) is 7.27. The SMILES string of the molecule is C=C(C)C(=O)OCCC(F)(F)C(F)(F)C(F)(F)C(F)(F)C(F)(F)C(F)(F)C(C)(F)F. The highest BCUT2D eigenvalue weighted by molar-refractivity contribution is 5.86. The molecule has 0 fully saturated rings. The van der Waals surface area contributed by atoms with Gasteiger partial charge in [-0.2, -0.15) is 61.5 Å². The molecule has 0 atom stereocenters. The number of alkyl halides is 14. The van der Waals surface area contributed by atoms with Crippen molar-refractivity contribution in [1.29, 1.82) is 0 Å². The highest BCUT2D eigenvalue weighted by Crippen LogP contribution is 2.62. The van der Waals surface area contributed by atoms with Crippen molar-refractivity contribution < 1.29 is 71.0 Å². The molecule has 178 valence electrons. The Labute approximate surface area is 158 Å². The molecule has 2 nitrogen and oxygen atoms in total. The third-order valence-corrected chi connectivity index (χ3v) is 3.59. The van der Waals surface area contributed by atoms with Crippen LogP contribution in [0, 0.1) is 0 Å². The molecule has 0 radical (unpaired) electrons. The molecule has 30 heavy (non-hydrogen) atoms. The molecule has 0 saturated carbocycles. The minimum Gasteiger partial charge on any atom is -0.462 e. The Balaban J connectivity index is 6.10. The second kappa shape index (κ2) is 7.73. The topological polar surface area (TPSA) is 26.3 Å². The molecule has 0 aromatic heterocycles. The summed E-state index contributed by atoms with van der Waals surface area (Å²) < 4.78 is 189. The molecule has 0 bridgehead atoms. The van der Waals surface area contributed by atoms with Gasteiger partial charge in [-0.25, -0.2) is 4.79 Å². The Morgan fingerprint density at radius 2 is 1.03 bits per heavy atom. The number of ether oxygens (including phenoxy) is 1. The largest absolute Gasteiger partial charge is 0.462 e. The van der Waals surface area contributed by atoms with Crippen molar-refractivity contribution in [3.05, 3.63) is 12.2 Å². The van der Waals surface area contributed by atoms with Gasteiger partial charge in [0.2, 0.25) is 0 Å². The zero-order chi connectivity index (χ0) is 24.8. The number of rotatable bonds is 10. The molecule has 0 aromatic rings. The van der Waals surface area contributed by atoms with E-state index in [1.165, 1.54) is 0 Å². The lowest BCUT2D eigenvalue weighted by molar-refractivity contribution is -0.440. The van der Waals surface area contributed by atoms with E-state index in [1.54, 1.807) is 0 Å². The number of esters is 1. The first-order valence-corrected chi connectivity index (χ1v) is 7.30. The molecule has 0 aliphatic rings. The third kappa shape index (κ3) is 4.18. The summed E-state index contributed by atoms with van der Waals surface area (Å²) in [4.78, 5) is 10.9. The Bertz CT molecular complexity index is 662. The molecular weight excluding hydrogens is 466 g/mol. The molecular formula is C14H12F14O2. The number of halogens is 14. The van der Waals surface area contributed by atoms with Crippen molar-refractivity contribution in [2.45, 2.75) is 61.7 Å². The summed E-state index contributed by atoms with van der Waals surface area (Å²) in [6, 6.07) is 0. The van der Waals surface area contributed by atoms with Crippen molar-refractivity contribution in [3.63, 3.8) is 0 Å². The van der Waals surface area contributed by atoms with Gasteiger partial charge in [0.25, 0.3) is 0 Å². The smallest absolute Gasteiger partial charge is 0.384 e. The second-order valence-corrected chi connectivity index (χ2v) is 6.13. The maximum Gasteiger partial charge on any atom is 0.384 e. The lowest BCUT2D eigenvalue weighted by atomic mass is 9.89. The van der Waals surface area contributed by atoms with Crippen molar-refractivity contribution in [3.8, 4) is 0 Å². The van der Waals surface area contributed by atoms with E-state index in [4.69, 9.17) is 0 Å². The molecule has 0 aromatic carbocycles. The maximum atomic E-state index is 13.5. The van der Waals surface area contributed by atoms with E-state index in [2.05, 4.69) is 11.3 Å². The number of carbonyl (C=O) groups is 1. The van der Waals surface area contributed by atoms with Gasteiger partial charge in [0, 0.05) is 12.5 Å². The molecule has 0 amide bonds. The van der Waals surface area contributed by atoms with E-state index in [0.717, 1.165) is 6.92 Å². The molecule has 0 heterocycles. The average molecular weight is 478 g/mol. The molecule has 0 aliphatic carbocycles. The van der Waals surface area contributed by atoms with E-state index < -0.39 is 73.0 Å². The van der Waals surface area contributed by atoms with Crippen molar-refractivity contribution >= 4 is 5.97 Å². The molecule has 0 rings (SSSR count).